The minimum Gasteiger partial charge on any atom is -0.390 e. The van der Waals surface area contributed by atoms with Crippen molar-refractivity contribution in [2.75, 3.05) is 44.2 Å². The fraction of sp³-hybridized carbons (Fsp3) is 0.550. The first kappa shape index (κ1) is 18.4. The van der Waals surface area contributed by atoms with Gasteiger partial charge in [0.25, 0.3) is 0 Å². The van der Waals surface area contributed by atoms with Crippen molar-refractivity contribution >= 4 is 5.69 Å². The number of piperidine rings is 1. The van der Waals surface area contributed by atoms with Gasteiger partial charge in [-0.25, -0.2) is 4.39 Å². The molecule has 1 aromatic heterocycles. The zero-order valence-corrected chi connectivity index (χ0v) is 15.8. The lowest BCUT2D eigenvalue weighted by atomic mass is 9.98. The van der Waals surface area contributed by atoms with Crippen molar-refractivity contribution in [2.45, 2.75) is 25.1 Å². The van der Waals surface area contributed by atoms with Crippen LogP contribution < -0.4 is 4.90 Å². The molecule has 4 rings (SSSR count). The van der Waals surface area contributed by atoms with Crippen molar-refractivity contribution in [1.29, 1.82) is 0 Å². The third-order valence-electron chi connectivity index (χ3n) is 5.77. The molecule has 0 bridgehead atoms. The van der Waals surface area contributed by atoms with Crippen LogP contribution >= 0.6 is 0 Å². The molecule has 3 heterocycles. The number of anilines is 1. The lowest BCUT2D eigenvalue weighted by Crippen LogP contribution is -2.58. The molecule has 6 nitrogen and oxygen atoms in total. The third-order valence-corrected chi connectivity index (χ3v) is 5.77. The number of piperazine rings is 1. The summed E-state index contributed by atoms with van der Waals surface area (Å²) in [7, 11) is 1.92. The Morgan fingerprint density at radius 1 is 1.15 bits per heavy atom. The van der Waals surface area contributed by atoms with E-state index in [4.69, 9.17) is 0 Å². The predicted molar refractivity (Wildman–Crippen MR) is 103 cm³/mol. The second kappa shape index (κ2) is 7.96. The van der Waals surface area contributed by atoms with Crippen LogP contribution in [0, 0.1) is 5.82 Å². The normalized spacial score (nSPS) is 25.1. The van der Waals surface area contributed by atoms with Crippen LogP contribution in [0.3, 0.4) is 0 Å². The fourth-order valence-electron chi connectivity index (χ4n) is 4.37. The highest BCUT2D eigenvalue weighted by Crippen LogP contribution is 2.24. The molecule has 146 valence electrons. The van der Waals surface area contributed by atoms with E-state index >= 15 is 0 Å². The van der Waals surface area contributed by atoms with Crippen LogP contribution in [0.25, 0.3) is 0 Å². The van der Waals surface area contributed by atoms with Crippen molar-refractivity contribution in [1.82, 2.24) is 19.6 Å². The molecule has 2 atom stereocenters. The van der Waals surface area contributed by atoms with Crippen LogP contribution in [0.5, 0.6) is 0 Å². The maximum atomic E-state index is 14.0. The van der Waals surface area contributed by atoms with E-state index in [-0.39, 0.29) is 18.0 Å². The van der Waals surface area contributed by atoms with Crippen molar-refractivity contribution < 1.29 is 9.50 Å². The molecule has 2 aliphatic heterocycles. The lowest BCUT2D eigenvalue weighted by molar-refractivity contribution is -0.0172. The van der Waals surface area contributed by atoms with Gasteiger partial charge in [-0.3, -0.25) is 14.5 Å². The second-order valence-corrected chi connectivity index (χ2v) is 7.66. The summed E-state index contributed by atoms with van der Waals surface area (Å²) < 4.78 is 15.8. The number of aromatic nitrogens is 2. The lowest BCUT2D eigenvalue weighted by Gasteiger charge is -2.45. The van der Waals surface area contributed by atoms with Crippen LogP contribution in [-0.4, -0.2) is 76.1 Å². The van der Waals surface area contributed by atoms with Crippen molar-refractivity contribution in [3.63, 3.8) is 0 Å². The van der Waals surface area contributed by atoms with E-state index in [1.165, 1.54) is 11.6 Å². The number of hydrogen-bond acceptors (Lipinski definition) is 5. The first-order valence-corrected chi connectivity index (χ1v) is 9.71. The van der Waals surface area contributed by atoms with E-state index in [0.29, 0.717) is 12.2 Å². The number of aliphatic hydroxyl groups is 1. The van der Waals surface area contributed by atoms with Crippen molar-refractivity contribution in [3.8, 4) is 0 Å². The van der Waals surface area contributed by atoms with Crippen LogP contribution in [0.4, 0.5) is 10.1 Å². The molecule has 2 aliphatic rings. The molecule has 0 radical (unpaired) electrons. The third kappa shape index (κ3) is 4.15. The Labute approximate surface area is 159 Å². The number of benzene rings is 1. The number of aryl methyl sites for hydroxylation is 1. The second-order valence-electron chi connectivity index (χ2n) is 7.66. The van der Waals surface area contributed by atoms with Crippen LogP contribution in [0.1, 0.15) is 12.0 Å². The van der Waals surface area contributed by atoms with Crippen molar-refractivity contribution in [3.05, 3.63) is 48.0 Å². The first-order chi connectivity index (χ1) is 13.1. The van der Waals surface area contributed by atoms with Crippen molar-refractivity contribution in [2.24, 2.45) is 7.05 Å². The van der Waals surface area contributed by atoms with E-state index in [0.717, 1.165) is 45.7 Å². The summed E-state index contributed by atoms with van der Waals surface area (Å²) in [6.45, 7) is 5.81. The standard InChI is InChI=1S/C20H28FN5O/c1-23-13-16(12-22-23)14-24-7-6-19(20(27)15-24)26-10-8-25(9-11-26)18-5-3-2-4-17(18)21/h2-5,12-13,19-20,27H,6-11,14-15H2,1H3/t19-,20-/m0/s1. The summed E-state index contributed by atoms with van der Waals surface area (Å²) in [5.41, 5.74) is 1.87. The molecule has 0 aliphatic carbocycles. The zero-order chi connectivity index (χ0) is 18.8. The molecule has 0 amide bonds. The van der Waals surface area contributed by atoms with Crippen LogP contribution in [-0.2, 0) is 13.6 Å². The average Bonchev–Trinajstić information content (AvgIpc) is 3.07. The van der Waals surface area contributed by atoms with Gasteiger partial charge in [-0.2, -0.15) is 5.10 Å². The van der Waals surface area contributed by atoms with Crippen LogP contribution in [0.15, 0.2) is 36.7 Å². The molecule has 1 aromatic carbocycles. The van der Waals surface area contributed by atoms with Gasteiger partial charge in [0.15, 0.2) is 0 Å². The van der Waals surface area contributed by atoms with Gasteiger partial charge in [-0.15, -0.1) is 0 Å². The van der Waals surface area contributed by atoms with E-state index in [2.05, 4.69) is 19.8 Å². The molecule has 2 saturated heterocycles. The number of hydrogen-bond donors (Lipinski definition) is 1. The van der Waals surface area contributed by atoms with Gasteiger partial charge >= 0.3 is 0 Å². The van der Waals surface area contributed by atoms with E-state index in [1.807, 2.05) is 36.3 Å². The highest BCUT2D eigenvalue weighted by Gasteiger charge is 2.34. The highest BCUT2D eigenvalue weighted by atomic mass is 19.1. The molecule has 7 heteroatoms. The SMILES string of the molecule is Cn1cc(CN2CC[C@H](N3CCN(c4ccccc4F)CC3)[C@@H](O)C2)cn1. The molecule has 2 aromatic rings. The van der Waals surface area contributed by atoms with Gasteiger partial charge in [-0.05, 0) is 18.6 Å². The smallest absolute Gasteiger partial charge is 0.146 e. The maximum absolute atomic E-state index is 14.0. The summed E-state index contributed by atoms with van der Waals surface area (Å²) in [4.78, 5) is 6.78. The number of nitrogens with zero attached hydrogens (tertiary/aromatic N) is 5. The molecular weight excluding hydrogens is 345 g/mol. The Balaban J connectivity index is 1.30. The fourth-order valence-corrected chi connectivity index (χ4v) is 4.37. The molecule has 0 unspecified atom stereocenters. The molecule has 2 fully saturated rings. The summed E-state index contributed by atoms with van der Waals surface area (Å²) in [5, 5.41) is 14.9. The van der Waals surface area contributed by atoms with E-state index in [9.17, 15) is 9.50 Å². The number of rotatable bonds is 4. The molecular formula is C20H28FN5O. The Kier molecular flexibility index (Phi) is 5.43. The Morgan fingerprint density at radius 3 is 2.59 bits per heavy atom. The largest absolute Gasteiger partial charge is 0.390 e. The number of likely N-dealkylation sites (tertiary alicyclic amines) is 1. The minimum absolute atomic E-state index is 0.158. The quantitative estimate of drug-likeness (QED) is 0.876. The Morgan fingerprint density at radius 2 is 1.93 bits per heavy atom. The Bertz CT molecular complexity index is 758. The number of β-amino-alcohol motifs (C(OH)–C–C–N with tert-alkyl or cyclic N) is 1. The van der Waals surface area contributed by atoms with E-state index in [1.54, 1.807) is 6.07 Å². The number of halogens is 1. The zero-order valence-electron chi connectivity index (χ0n) is 15.8. The van der Waals surface area contributed by atoms with Gasteiger partial charge in [-0.1, -0.05) is 12.1 Å². The monoisotopic (exact) mass is 373 g/mol. The predicted octanol–water partition coefficient (Wildman–Crippen LogP) is 1.32. The van der Waals surface area contributed by atoms with E-state index < -0.39 is 0 Å². The molecule has 0 spiro atoms. The average molecular weight is 373 g/mol. The van der Waals surface area contributed by atoms with Gasteiger partial charge in [0, 0.05) is 70.7 Å². The van der Waals surface area contributed by atoms with Crippen LogP contribution in [0.2, 0.25) is 0 Å². The summed E-state index contributed by atoms with van der Waals surface area (Å²) in [5.74, 6) is -0.158. The number of para-hydroxylation sites is 1. The van der Waals surface area contributed by atoms with Gasteiger partial charge < -0.3 is 10.0 Å². The minimum atomic E-state index is -0.351. The van der Waals surface area contributed by atoms with Gasteiger partial charge in [0.05, 0.1) is 18.0 Å². The summed E-state index contributed by atoms with van der Waals surface area (Å²) in [6, 6.07) is 7.16. The first-order valence-electron chi connectivity index (χ1n) is 9.71. The highest BCUT2D eigenvalue weighted by molar-refractivity contribution is 5.48. The maximum Gasteiger partial charge on any atom is 0.146 e. The molecule has 27 heavy (non-hydrogen) atoms. The van der Waals surface area contributed by atoms with Gasteiger partial charge in [0.2, 0.25) is 0 Å². The Hall–Kier alpha value is -1.96. The summed E-state index contributed by atoms with van der Waals surface area (Å²) >= 11 is 0. The van der Waals surface area contributed by atoms with Gasteiger partial charge in [0.1, 0.15) is 5.82 Å². The number of aliphatic hydroxyl groups excluding tert-OH is 1. The summed E-state index contributed by atoms with van der Waals surface area (Å²) in [6.07, 6.45) is 4.53. The molecule has 1 N–H and O–H groups in total. The topological polar surface area (TPSA) is 47.8 Å². The molecule has 0 saturated carbocycles.